The molecule has 0 radical (unpaired) electrons. The van der Waals surface area contributed by atoms with Crippen molar-refractivity contribution >= 4 is 23.6 Å². The molecule has 0 N–H and O–H groups in total. The molecule has 6 heteroatoms. The third kappa shape index (κ3) is 3.50. The summed E-state index contributed by atoms with van der Waals surface area (Å²) in [6, 6.07) is 19.2. The summed E-state index contributed by atoms with van der Waals surface area (Å²) in [5.74, 6) is -0.589. The van der Waals surface area contributed by atoms with Crippen molar-refractivity contribution in [2.24, 2.45) is 0 Å². The lowest BCUT2D eigenvalue weighted by molar-refractivity contribution is -0.151. The summed E-state index contributed by atoms with van der Waals surface area (Å²) in [6.45, 7) is 0. The van der Waals surface area contributed by atoms with Gasteiger partial charge in [-0.05, 0) is 17.2 Å². The SMILES string of the molecule is COC1C=C(C(=O)OC(c2ccccc2)c2ccccc2)N2C(=O)C[C@H]2S1. The molecule has 0 spiro atoms. The van der Waals surface area contributed by atoms with Gasteiger partial charge < -0.3 is 9.47 Å². The Morgan fingerprint density at radius 3 is 2.19 bits per heavy atom. The molecule has 2 aromatic carbocycles. The number of methoxy groups -OCH3 is 1. The smallest absolute Gasteiger partial charge is 0.355 e. The second-order valence-electron chi connectivity index (χ2n) is 6.32. The fourth-order valence-electron chi connectivity index (χ4n) is 3.23. The van der Waals surface area contributed by atoms with Crippen LogP contribution in [-0.2, 0) is 19.1 Å². The van der Waals surface area contributed by atoms with Crippen molar-refractivity contribution in [1.82, 2.24) is 4.90 Å². The monoisotopic (exact) mass is 381 g/mol. The normalized spacial score (nSPS) is 21.3. The van der Waals surface area contributed by atoms with E-state index in [2.05, 4.69) is 0 Å². The zero-order valence-electron chi connectivity index (χ0n) is 14.8. The number of β-lactam (4-membered cyclic amide) rings is 1. The van der Waals surface area contributed by atoms with E-state index >= 15 is 0 Å². The molecule has 0 bridgehead atoms. The fraction of sp³-hybridized carbons (Fsp3) is 0.238. The topological polar surface area (TPSA) is 55.8 Å². The molecule has 2 atom stereocenters. The Bertz CT molecular complexity index is 829. The van der Waals surface area contributed by atoms with Gasteiger partial charge >= 0.3 is 5.97 Å². The summed E-state index contributed by atoms with van der Waals surface area (Å²) < 4.78 is 11.3. The van der Waals surface area contributed by atoms with Crippen LogP contribution in [0.3, 0.4) is 0 Å². The molecule has 0 saturated carbocycles. The molecule has 1 amide bonds. The van der Waals surface area contributed by atoms with E-state index in [0.29, 0.717) is 6.42 Å². The van der Waals surface area contributed by atoms with E-state index < -0.39 is 12.1 Å². The lowest BCUT2D eigenvalue weighted by Gasteiger charge is -2.44. The minimum absolute atomic E-state index is 0.0677. The van der Waals surface area contributed by atoms with Gasteiger partial charge in [-0.2, -0.15) is 0 Å². The molecule has 1 fully saturated rings. The molecule has 0 aliphatic carbocycles. The number of fused-ring (bicyclic) bond motifs is 1. The summed E-state index contributed by atoms with van der Waals surface area (Å²) in [5.41, 5.74) is 1.74. The molecule has 138 valence electrons. The lowest BCUT2D eigenvalue weighted by atomic mass is 10.0. The zero-order chi connectivity index (χ0) is 18.8. The van der Waals surface area contributed by atoms with Crippen molar-refractivity contribution in [3.05, 3.63) is 83.6 Å². The maximum Gasteiger partial charge on any atom is 0.355 e. The number of thioether (sulfide) groups is 1. The highest BCUT2D eigenvalue weighted by atomic mass is 32.2. The van der Waals surface area contributed by atoms with Crippen molar-refractivity contribution in [1.29, 1.82) is 0 Å². The van der Waals surface area contributed by atoms with Gasteiger partial charge in [-0.3, -0.25) is 9.69 Å². The molecule has 5 nitrogen and oxygen atoms in total. The largest absolute Gasteiger partial charge is 0.448 e. The first-order valence-corrected chi connectivity index (χ1v) is 9.64. The van der Waals surface area contributed by atoms with E-state index in [-0.39, 0.29) is 22.4 Å². The Hall–Kier alpha value is -2.57. The van der Waals surface area contributed by atoms with Crippen molar-refractivity contribution in [2.45, 2.75) is 23.3 Å². The minimum atomic E-state index is -0.550. The van der Waals surface area contributed by atoms with E-state index in [9.17, 15) is 9.59 Å². The van der Waals surface area contributed by atoms with Crippen molar-refractivity contribution in [2.75, 3.05) is 7.11 Å². The third-order valence-electron chi connectivity index (χ3n) is 4.62. The van der Waals surface area contributed by atoms with E-state index in [0.717, 1.165) is 11.1 Å². The average molecular weight is 381 g/mol. The zero-order valence-corrected chi connectivity index (χ0v) is 15.6. The first-order chi connectivity index (χ1) is 13.2. The number of amides is 1. The summed E-state index contributed by atoms with van der Waals surface area (Å²) in [4.78, 5) is 26.5. The molecule has 4 rings (SSSR count). The van der Waals surface area contributed by atoms with Crippen LogP contribution in [0.4, 0.5) is 0 Å². The summed E-state index contributed by atoms with van der Waals surface area (Å²) in [5, 5.41) is -0.0677. The van der Waals surface area contributed by atoms with Gasteiger partial charge in [0.25, 0.3) is 0 Å². The van der Waals surface area contributed by atoms with Crippen LogP contribution >= 0.6 is 11.8 Å². The predicted molar refractivity (Wildman–Crippen MR) is 103 cm³/mol. The first kappa shape index (κ1) is 17.8. The number of rotatable bonds is 5. The Balaban J connectivity index is 1.64. The van der Waals surface area contributed by atoms with Gasteiger partial charge in [0, 0.05) is 7.11 Å². The van der Waals surface area contributed by atoms with Gasteiger partial charge in [-0.15, -0.1) is 11.8 Å². The van der Waals surface area contributed by atoms with Gasteiger partial charge in [-0.25, -0.2) is 4.79 Å². The van der Waals surface area contributed by atoms with Crippen molar-refractivity contribution in [3.8, 4) is 0 Å². The molecule has 0 aromatic heterocycles. The minimum Gasteiger partial charge on any atom is -0.448 e. The Kier molecular flexibility index (Phi) is 5.01. The van der Waals surface area contributed by atoms with Crippen molar-refractivity contribution in [3.63, 3.8) is 0 Å². The van der Waals surface area contributed by atoms with Gasteiger partial charge in [0.1, 0.15) is 11.1 Å². The van der Waals surface area contributed by atoms with Crippen LogP contribution in [-0.4, -0.2) is 34.7 Å². The van der Waals surface area contributed by atoms with Crippen LogP contribution in [0.25, 0.3) is 0 Å². The lowest BCUT2D eigenvalue weighted by Crippen LogP contribution is -2.54. The van der Waals surface area contributed by atoms with E-state index in [1.54, 1.807) is 13.2 Å². The van der Waals surface area contributed by atoms with Gasteiger partial charge in [0.05, 0.1) is 11.8 Å². The maximum atomic E-state index is 13.0. The van der Waals surface area contributed by atoms with Gasteiger partial charge in [0.15, 0.2) is 6.10 Å². The second-order valence-corrected chi connectivity index (χ2v) is 7.60. The highest BCUT2D eigenvalue weighted by Gasteiger charge is 2.46. The summed E-state index contributed by atoms with van der Waals surface area (Å²) >= 11 is 1.52. The molecule has 27 heavy (non-hydrogen) atoms. The van der Waals surface area contributed by atoms with Crippen LogP contribution < -0.4 is 0 Å². The van der Waals surface area contributed by atoms with E-state index in [1.807, 2.05) is 60.7 Å². The number of hydrogen-bond donors (Lipinski definition) is 0. The second kappa shape index (κ2) is 7.58. The molecule has 2 aliphatic heterocycles. The molecule has 2 heterocycles. The van der Waals surface area contributed by atoms with Gasteiger partial charge in [0.2, 0.25) is 5.91 Å². The molecule has 1 saturated heterocycles. The van der Waals surface area contributed by atoms with E-state index in [4.69, 9.17) is 9.47 Å². The number of carbonyl (C=O) groups is 2. The predicted octanol–water partition coefficient (Wildman–Crippen LogP) is 3.48. The van der Waals surface area contributed by atoms with Crippen LogP contribution in [0.1, 0.15) is 23.7 Å². The number of nitrogens with zero attached hydrogens (tertiary/aromatic N) is 1. The van der Waals surface area contributed by atoms with Crippen LogP contribution in [0.5, 0.6) is 0 Å². The number of hydrogen-bond acceptors (Lipinski definition) is 5. The molecule has 2 aliphatic rings. The maximum absolute atomic E-state index is 13.0. The average Bonchev–Trinajstić information content (AvgIpc) is 2.71. The van der Waals surface area contributed by atoms with Crippen LogP contribution in [0, 0.1) is 0 Å². The Morgan fingerprint density at radius 2 is 1.67 bits per heavy atom. The van der Waals surface area contributed by atoms with Gasteiger partial charge in [-0.1, -0.05) is 60.7 Å². The van der Waals surface area contributed by atoms with Crippen molar-refractivity contribution < 1.29 is 19.1 Å². The molecule has 2 aromatic rings. The molecular weight excluding hydrogens is 362 g/mol. The van der Waals surface area contributed by atoms with E-state index in [1.165, 1.54) is 16.7 Å². The Morgan fingerprint density at radius 1 is 1.07 bits per heavy atom. The number of carbonyl (C=O) groups excluding carboxylic acids is 2. The fourth-order valence-corrected chi connectivity index (χ4v) is 4.45. The number of esters is 1. The summed E-state index contributed by atoms with van der Waals surface area (Å²) in [6.07, 6.45) is 1.52. The highest BCUT2D eigenvalue weighted by Crippen LogP contribution is 2.41. The Labute approximate surface area is 162 Å². The molecule has 1 unspecified atom stereocenters. The third-order valence-corrected chi connectivity index (χ3v) is 5.91. The standard InChI is InChI=1S/C21H19NO4S/c1-25-19-12-16(22-17(23)13-18(22)27-19)21(24)26-20(14-8-4-2-5-9-14)15-10-6-3-7-11-15/h2-12,18-20H,13H2,1H3/t18-,19?/m1/s1. The highest BCUT2D eigenvalue weighted by molar-refractivity contribution is 8.00. The first-order valence-electron chi connectivity index (χ1n) is 8.70. The number of ether oxygens (including phenoxy) is 2. The quantitative estimate of drug-likeness (QED) is 0.586. The summed E-state index contributed by atoms with van der Waals surface area (Å²) in [7, 11) is 1.59. The number of benzene rings is 2. The molecular formula is C21H19NO4S. The van der Waals surface area contributed by atoms with Crippen LogP contribution in [0.15, 0.2) is 72.4 Å². The van der Waals surface area contributed by atoms with Crippen LogP contribution in [0.2, 0.25) is 0 Å².